The second kappa shape index (κ2) is 6.88. The van der Waals surface area contributed by atoms with E-state index in [0.717, 1.165) is 61.9 Å². The third-order valence-electron chi connectivity index (χ3n) is 4.12. The molecule has 1 saturated heterocycles. The maximum atomic E-state index is 4.81. The summed E-state index contributed by atoms with van der Waals surface area (Å²) in [7, 11) is 0. The minimum absolute atomic E-state index is 0.860. The van der Waals surface area contributed by atoms with Gasteiger partial charge in [0.15, 0.2) is 0 Å². The third-order valence-corrected chi connectivity index (χ3v) is 4.12. The molecule has 1 aliphatic heterocycles. The van der Waals surface area contributed by atoms with Crippen LogP contribution in [-0.4, -0.2) is 36.1 Å². The van der Waals surface area contributed by atoms with Crippen LogP contribution in [0.5, 0.6) is 0 Å². The van der Waals surface area contributed by atoms with Crippen molar-refractivity contribution in [2.45, 2.75) is 26.7 Å². The smallest absolute Gasteiger partial charge is 0.226 e. The number of anilines is 1. The number of benzene rings is 1. The summed E-state index contributed by atoms with van der Waals surface area (Å²) >= 11 is 0. The molecule has 2 heterocycles. The Balaban J connectivity index is 1.91. The number of hydrogen-bond donors (Lipinski definition) is 1. The van der Waals surface area contributed by atoms with Gasteiger partial charge in [-0.2, -0.15) is 0 Å². The molecule has 4 nitrogen and oxygen atoms in total. The van der Waals surface area contributed by atoms with Crippen molar-refractivity contribution in [3.05, 3.63) is 41.6 Å². The van der Waals surface area contributed by atoms with Gasteiger partial charge < -0.3 is 10.2 Å². The molecule has 3 rings (SSSR count). The number of aryl methyl sites for hydroxylation is 2. The van der Waals surface area contributed by atoms with Gasteiger partial charge >= 0.3 is 0 Å². The lowest BCUT2D eigenvalue weighted by atomic mass is 10.1. The van der Waals surface area contributed by atoms with Crippen LogP contribution in [0.3, 0.4) is 0 Å². The van der Waals surface area contributed by atoms with Crippen molar-refractivity contribution >= 4 is 5.95 Å². The summed E-state index contributed by atoms with van der Waals surface area (Å²) in [6, 6.07) is 10.8. The summed E-state index contributed by atoms with van der Waals surface area (Å²) in [5, 5.41) is 3.42. The fraction of sp³-hybridized carbons (Fsp3) is 0.444. The SMILES string of the molecule is CCc1ccc(-c2cc(C)nc(N3CCCNCC3)n2)cc1. The van der Waals surface area contributed by atoms with Crippen LogP contribution in [0, 0.1) is 6.92 Å². The maximum Gasteiger partial charge on any atom is 0.226 e. The standard InChI is InChI=1S/C18H24N4/c1-3-15-5-7-16(8-6-15)17-13-14(2)20-18(21-17)22-11-4-9-19-10-12-22/h5-8,13,19H,3-4,9-12H2,1-2H3. The molecular formula is C18H24N4. The van der Waals surface area contributed by atoms with Crippen LogP contribution < -0.4 is 10.2 Å². The van der Waals surface area contributed by atoms with Crippen LogP contribution in [-0.2, 0) is 6.42 Å². The van der Waals surface area contributed by atoms with Gasteiger partial charge in [0.05, 0.1) is 5.69 Å². The van der Waals surface area contributed by atoms with Crippen molar-refractivity contribution in [2.75, 3.05) is 31.1 Å². The van der Waals surface area contributed by atoms with Crippen LogP contribution in [0.2, 0.25) is 0 Å². The lowest BCUT2D eigenvalue weighted by Crippen LogP contribution is -2.29. The van der Waals surface area contributed by atoms with Gasteiger partial charge in [0, 0.05) is 30.9 Å². The molecule has 1 N–H and O–H groups in total. The molecule has 0 bridgehead atoms. The average molecular weight is 296 g/mol. The summed E-state index contributed by atoms with van der Waals surface area (Å²) in [5.41, 5.74) is 4.56. The van der Waals surface area contributed by atoms with Gasteiger partial charge in [0.25, 0.3) is 0 Å². The first-order valence-corrected chi connectivity index (χ1v) is 8.17. The first kappa shape index (κ1) is 15.0. The van der Waals surface area contributed by atoms with E-state index >= 15 is 0 Å². The van der Waals surface area contributed by atoms with Gasteiger partial charge in [-0.25, -0.2) is 9.97 Å². The quantitative estimate of drug-likeness (QED) is 0.945. The van der Waals surface area contributed by atoms with Gasteiger partial charge in [-0.05, 0) is 37.9 Å². The average Bonchev–Trinajstić information content (AvgIpc) is 2.84. The van der Waals surface area contributed by atoms with Crippen LogP contribution >= 0.6 is 0 Å². The number of nitrogens with zero attached hydrogens (tertiary/aromatic N) is 3. The maximum absolute atomic E-state index is 4.81. The predicted octanol–water partition coefficient (Wildman–Crippen LogP) is 2.81. The molecule has 0 unspecified atom stereocenters. The van der Waals surface area contributed by atoms with Gasteiger partial charge in [-0.15, -0.1) is 0 Å². The van der Waals surface area contributed by atoms with Crippen molar-refractivity contribution in [2.24, 2.45) is 0 Å². The summed E-state index contributed by atoms with van der Waals surface area (Å²) in [6.45, 7) is 8.29. The van der Waals surface area contributed by atoms with E-state index in [2.05, 4.69) is 52.5 Å². The fourth-order valence-corrected chi connectivity index (χ4v) is 2.80. The van der Waals surface area contributed by atoms with Crippen molar-refractivity contribution in [3.8, 4) is 11.3 Å². The first-order chi connectivity index (χ1) is 10.8. The van der Waals surface area contributed by atoms with Crippen LogP contribution in [0.25, 0.3) is 11.3 Å². The molecule has 116 valence electrons. The van der Waals surface area contributed by atoms with Crippen LogP contribution in [0.15, 0.2) is 30.3 Å². The van der Waals surface area contributed by atoms with Crippen LogP contribution in [0.4, 0.5) is 5.95 Å². The lowest BCUT2D eigenvalue weighted by Gasteiger charge is -2.20. The lowest BCUT2D eigenvalue weighted by molar-refractivity contribution is 0.724. The molecule has 1 aliphatic rings. The molecule has 0 aliphatic carbocycles. The highest BCUT2D eigenvalue weighted by Gasteiger charge is 2.14. The van der Waals surface area contributed by atoms with Gasteiger partial charge in [-0.1, -0.05) is 31.2 Å². The Hall–Kier alpha value is -1.94. The number of nitrogens with one attached hydrogen (secondary N) is 1. The Kier molecular flexibility index (Phi) is 4.68. The monoisotopic (exact) mass is 296 g/mol. The Labute approximate surface area is 132 Å². The third kappa shape index (κ3) is 3.45. The van der Waals surface area contributed by atoms with Crippen molar-refractivity contribution < 1.29 is 0 Å². The minimum Gasteiger partial charge on any atom is -0.339 e. The second-order valence-corrected chi connectivity index (χ2v) is 5.84. The Morgan fingerprint density at radius 2 is 1.91 bits per heavy atom. The summed E-state index contributed by atoms with van der Waals surface area (Å²) < 4.78 is 0. The summed E-state index contributed by atoms with van der Waals surface area (Å²) in [6.07, 6.45) is 2.20. The van der Waals surface area contributed by atoms with E-state index in [-0.39, 0.29) is 0 Å². The highest BCUT2D eigenvalue weighted by atomic mass is 15.3. The number of hydrogen-bond acceptors (Lipinski definition) is 4. The van der Waals surface area contributed by atoms with Crippen molar-refractivity contribution in [3.63, 3.8) is 0 Å². The Bertz CT molecular complexity index is 613. The molecule has 1 fully saturated rings. The molecule has 4 heteroatoms. The number of aromatic nitrogens is 2. The van der Waals surface area contributed by atoms with E-state index in [1.165, 1.54) is 5.56 Å². The molecule has 0 radical (unpaired) electrons. The van der Waals surface area contributed by atoms with Gasteiger partial charge in [-0.3, -0.25) is 0 Å². The molecule has 0 spiro atoms. The normalized spacial score (nSPS) is 15.6. The molecular weight excluding hydrogens is 272 g/mol. The zero-order valence-electron chi connectivity index (χ0n) is 13.5. The van der Waals surface area contributed by atoms with E-state index in [0.29, 0.717) is 0 Å². The molecule has 2 aromatic rings. The van der Waals surface area contributed by atoms with E-state index in [1.807, 2.05) is 6.92 Å². The fourth-order valence-electron chi connectivity index (χ4n) is 2.80. The first-order valence-electron chi connectivity index (χ1n) is 8.17. The van der Waals surface area contributed by atoms with Gasteiger partial charge in [0.1, 0.15) is 0 Å². The largest absolute Gasteiger partial charge is 0.339 e. The minimum atomic E-state index is 0.860. The Morgan fingerprint density at radius 3 is 2.68 bits per heavy atom. The molecule has 1 aromatic carbocycles. The zero-order valence-corrected chi connectivity index (χ0v) is 13.5. The topological polar surface area (TPSA) is 41.1 Å². The van der Waals surface area contributed by atoms with E-state index < -0.39 is 0 Å². The van der Waals surface area contributed by atoms with Crippen molar-refractivity contribution in [1.29, 1.82) is 0 Å². The summed E-state index contributed by atoms with van der Waals surface area (Å²) in [5.74, 6) is 0.860. The molecule has 22 heavy (non-hydrogen) atoms. The van der Waals surface area contributed by atoms with Crippen LogP contribution in [0.1, 0.15) is 24.6 Å². The molecule has 1 aromatic heterocycles. The molecule has 0 atom stereocenters. The Morgan fingerprint density at radius 1 is 1.09 bits per heavy atom. The molecule has 0 saturated carbocycles. The zero-order chi connectivity index (χ0) is 15.4. The van der Waals surface area contributed by atoms with Crippen molar-refractivity contribution in [1.82, 2.24) is 15.3 Å². The summed E-state index contributed by atoms with van der Waals surface area (Å²) in [4.78, 5) is 11.7. The van der Waals surface area contributed by atoms with E-state index in [4.69, 9.17) is 4.98 Å². The van der Waals surface area contributed by atoms with Gasteiger partial charge in [0.2, 0.25) is 5.95 Å². The predicted molar refractivity (Wildman–Crippen MR) is 91.3 cm³/mol. The van der Waals surface area contributed by atoms with E-state index in [1.54, 1.807) is 0 Å². The number of rotatable bonds is 3. The second-order valence-electron chi connectivity index (χ2n) is 5.84. The molecule has 0 amide bonds. The highest BCUT2D eigenvalue weighted by molar-refractivity contribution is 5.61. The highest BCUT2D eigenvalue weighted by Crippen LogP contribution is 2.21. The van der Waals surface area contributed by atoms with E-state index in [9.17, 15) is 0 Å².